The van der Waals surface area contributed by atoms with Crippen LogP contribution in [-0.4, -0.2) is 28.7 Å². The van der Waals surface area contributed by atoms with E-state index in [-0.39, 0.29) is 35.6 Å². The average molecular weight is 441 g/mol. The average Bonchev–Trinajstić information content (AvgIpc) is 2.82. The van der Waals surface area contributed by atoms with E-state index in [0.717, 1.165) is 36.8 Å². The number of rotatable bonds is 9. The highest BCUT2D eigenvalue weighted by Gasteiger charge is 2.32. The molecule has 3 rings (SSSR count). The Kier molecular flexibility index (Phi) is 7.75. The van der Waals surface area contributed by atoms with Crippen molar-refractivity contribution >= 4 is 5.71 Å². The van der Waals surface area contributed by atoms with E-state index in [1.807, 2.05) is 18.2 Å². The molecule has 1 N–H and O–H groups in total. The normalized spacial score (nSPS) is 26.0. The summed E-state index contributed by atoms with van der Waals surface area (Å²) in [6.45, 7) is 2.11. The number of allylic oxidation sites excluding steroid dienone is 7. The molecular weight excluding hydrogens is 412 g/mol. The van der Waals surface area contributed by atoms with Gasteiger partial charge in [-0.3, -0.25) is 25.7 Å². The molecule has 0 aromatic carbocycles. The summed E-state index contributed by atoms with van der Waals surface area (Å²) in [5.41, 5.74) is 3.66. The first kappa shape index (κ1) is 23.2. The number of methoxy groups -OCH3 is 1. The van der Waals surface area contributed by atoms with Gasteiger partial charge in [-0.15, -0.1) is 0 Å². The maximum Gasteiger partial charge on any atom is 0.296 e. The van der Waals surface area contributed by atoms with Gasteiger partial charge in [-0.05, 0) is 43.4 Å². The highest BCUT2D eigenvalue weighted by atomic mass is 16.6. The first-order valence-corrected chi connectivity index (χ1v) is 10.7. The van der Waals surface area contributed by atoms with Crippen LogP contribution in [-0.2, 0) is 4.74 Å². The van der Waals surface area contributed by atoms with Gasteiger partial charge in [0.1, 0.15) is 11.5 Å². The van der Waals surface area contributed by atoms with Crippen LogP contribution in [0.4, 0.5) is 0 Å². The third kappa shape index (κ3) is 5.40. The fourth-order valence-corrected chi connectivity index (χ4v) is 4.26. The number of ether oxygens (including phenoxy) is 1. The lowest BCUT2D eigenvalue weighted by Crippen LogP contribution is -2.32. The molecule has 170 valence electrons. The molecular formula is C23H28N4O5. The van der Waals surface area contributed by atoms with Crippen LogP contribution < -0.4 is 5.43 Å². The van der Waals surface area contributed by atoms with Crippen molar-refractivity contribution in [2.45, 2.75) is 38.6 Å². The van der Waals surface area contributed by atoms with Gasteiger partial charge >= 0.3 is 0 Å². The van der Waals surface area contributed by atoms with Crippen LogP contribution in [0.25, 0.3) is 0 Å². The molecule has 0 saturated heterocycles. The minimum atomic E-state index is -1.10. The Morgan fingerprint density at radius 2 is 2.03 bits per heavy atom. The van der Waals surface area contributed by atoms with Gasteiger partial charge in [0.05, 0.1) is 18.1 Å². The fraction of sp³-hybridized carbons (Fsp3) is 0.435. The smallest absolute Gasteiger partial charge is 0.296 e. The van der Waals surface area contributed by atoms with E-state index in [1.165, 1.54) is 6.08 Å². The number of hydrogen-bond acceptors (Lipinski definition) is 7. The van der Waals surface area contributed by atoms with Gasteiger partial charge in [0.15, 0.2) is 0 Å². The van der Waals surface area contributed by atoms with Crippen LogP contribution in [0.5, 0.6) is 0 Å². The summed E-state index contributed by atoms with van der Waals surface area (Å²) < 4.78 is 5.30. The summed E-state index contributed by atoms with van der Waals surface area (Å²) in [6.07, 6.45) is 19.4. The molecule has 0 aromatic rings. The van der Waals surface area contributed by atoms with Crippen molar-refractivity contribution in [2.24, 2.45) is 22.9 Å². The molecule has 0 amide bonds. The molecule has 0 bridgehead atoms. The van der Waals surface area contributed by atoms with Gasteiger partial charge < -0.3 is 4.74 Å². The van der Waals surface area contributed by atoms with Crippen LogP contribution in [0.15, 0.2) is 76.9 Å². The second kappa shape index (κ2) is 10.7. The Morgan fingerprint density at radius 1 is 1.22 bits per heavy atom. The van der Waals surface area contributed by atoms with Crippen molar-refractivity contribution in [1.82, 2.24) is 5.43 Å². The van der Waals surface area contributed by atoms with Crippen LogP contribution in [0.1, 0.15) is 32.6 Å². The maximum atomic E-state index is 11.5. The van der Waals surface area contributed by atoms with Gasteiger partial charge in [0, 0.05) is 28.9 Å². The lowest BCUT2D eigenvalue weighted by atomic mass is 9.76. The largest absolute Gasteiger partial charge is 0.497 e. The SMILES string of the molecule is CCC(/C(=N/NC1=CCC([N+](=O)[O-])C=C1[N+](=O)[O-])C1C=CC=CC1)C1C=CC(OC)=CC1. The second-order valence-electron chi connectivity index (χ2n) is 7.90. The molecule has 3 aliphatic rings. The Labute approximate surface area is 186 Å². The van der Waals surface area contributed by atoms with Crippen LogP contribution in [0.2, 0.25) is 0 Å². The third-order valence-corrected chi connectivity index (χ3v) is 5.99. The van der Waals surface area contributed by atoms with Crippen LogP contribution in [0.3, 0.4) is 0 Å². The molecule has 0 saturated carbocycles. The van der Waals surface area contributed by atoms with Gasteiger partial charge in [-0.1, -0.05) is 37.3 Å². The van der Waals surface area contributed by atoms with E-state index in [0.29, 0.717) is 0 Å². The predicted molar refractivity (Wildman–Crippen MR) is 122 cm³/mol. The van der Waals surface area contributed by atoms with Crippen LogP contribution in [0, 0.1) is 38.0 Å². The molecule has 0 aromatic heterocycles. The van der Waals surface area contributed by atoms with E-state index in [9.17, 15) is 20.2 Å². The number of hydrogen-bond donors (Lipinski definition) is 1. The summed E-state index contributed by atoms with van der Waals surface area (Å²) in [4.78, 5) is 21.5. The zero-order valence-corrected chi connectivity index (χ0v) is 18.2. The van der Waals surface area contributed by atoms with Crippen LogP contribution >= 0.6 is 0 Å². The third-order valence-electron chi connectivity index (χ3n) is 5.99. The van der Waals surface area contributed by atoms with Crippen molar-refractivity contribution in [3.05, 3.63) is 92.1 Å². The van der Waals surface area contributed by atoms with E-state index in [2.05, 4.69) is 41.8 Å². The Bertz CT molecular complexity index is 957. The van der Waals surface area contributed by atoms with Gasteiger partial charge in [-0.2, -0.15) is 5.10 Å². The topological polar surface area (TPSA) is 120 Å². The van der Waals surface area contributed by atoms with Crippen molar-refractivity contribution in [3.8, 4) is 0 Å². The molecule has 0 fully saturated rings. The van der Waals surface area contributed by atoms with Crippen molar-refractivity contribution in [2.75, 3.05) is 7.11 Å². The van der Waals surface area contributed by atoms with E-state index >= 15 is 0 Å². The number of nitrogens with zero attached hydrogens (tertiary/aromatic N) is 3. The summed E-state index contributed by atoms with van der Waals surface area (Å²) in [6, 6.07) is -1.10. The Morgan fingerprint density at radius 3 is 2.59 bits per heavy atom. The maximum absolute atomic E-state index is 11.5. The van der Waals surface area contributed by atoms with Crippen molar-refractivity contribution in [3.63, 3.8) is 0 Å². The molecule has 4 unspecified atom stereocenters. The minimum Gasteiger partial charge on any atom is -0.497 e. The Hall–Kier alpha value is -3.49. The van der Waals surface area contributed by atoms with E-state index in [4.69, 9.17) is 4.74 Å². The predicted octanol–water partition coefficient (Wildman–Crippen LogP) is 4.29. The highest BCUT2D eigenvalue weighted by molar-refractivity contribution is 5.91. The first-order chi connectivity index (χ1) is 15.4. The lowest BCUT2D eigenvalue weighted by molar-refractivity contribution is -0.511. The lowest BCUT2D eigenvalue weighted by Gasteiger charge is -2.30. The van der Waals surface area contributed by atoms with Gasteiger partial charge in [-0.25, -0.2) is 0 Å². The Balaban J connectivity index is 1.88. The summed E-state index contributed by atoms with van der Waals surface area (Å²) in [5.74, 6) is 1.25. The molecule has 0 aliphatic heterocycles. The molecule has 0 heterocycles. The molecule has 9 heteroatoms. The summed E-state index contributed by atoms with van der Waals surface area (Å²) in [5, 5.41) is 27.3. The van der Waals surface area contributed by atoms with Crippen molar-refractivity contribution in [1.29, 1.82) is 0 Å². The second-order valence-corrected chi connectivity index (χ2v) is 7.90. The number of nitro groups is 2. The zero-order valence-electron chi connectivity index (χ0n) is 18.2. The quantitative estimate of drug-likeness (QED) is 0.324. The zero-order chi connectivity index (χ0) is 23.1. The molecule has 0 spiro atoms. The van der Waals surface area contributed by atoms with E-state index < -0.39 is 15.9 Å². The minimum absolute atomic E-state index is 0.0670. The number of nitrogens with one attached hydrogen (secondary N) is 1. The molecule has 4 atom stereocenters. The first-order valence-electron chi connectivity index (χ1n) is 10.7. The van der Waals surface area contributed by atoms with Gasteiger partial charge in [0.2, 0.25) is 6.04 Å². The van der Waals surface area contributed by atoms with Gasteiger partial charge in [0.25, 0.3) is 5.70 Å². The molecule has 0 radical (unpaired) electrons. The highest BCUT2D eigenvalue weighted by Crippen LogP contribution is 2.32. The molecule has 3 aliphatic carbocycles. The van der Waals surface area contributed by atoms with Crippen molar-refractivity contribution < 1.29 is 14.6 Å². The number of hydrazone groups is 1. The standard InChI is InChI=1S/C23H28N4O5/c1-3-20(16-9-12-19(32-2)13-10-16)23(17-7-5-4-6-8-17)25-24-21-14-11-18(26(28)29)15-22(21)27(30)31/h4-7,9,12-18,20,24H,3,8,10-11H2,1-2H3/b25-23+. The van der Waals surface area contributed by atoms with E-state index in [1.54, 1.807) is 7.11 Å². The molecule has 32 heavy (non-hydrogen) atoms. The monoisotopic (exact) mass is 440 g/mol. The summed E-state index contributed by atoms with van der Waals surface area (Å²) in [7, 11) is 1.64. The molecule has 9 nitrogen and oxygen atoms in total. The fourth-order valence-electron chi connectivity index (χ4n) is 4.26. The summed E-state index contributed by atoms with van der Waals surface area (Å²) >= 11 is 0.